The van der Waals surface area contributed by atoms with Crippen molar-refractivity contribution in [3.05, 3.63) is 0 Å². The molecule has 0 aliphatic carbocycles. The fourth-order valence-corrected chi connectivity index (χ4v) is 1.00. The number of carbonyl (C=O) groups is 1. The third kappa shape index (κ3) is 8.05. The van der Waals surface area contributed by atoms with Crippen molar-refractivity contribution in [2.45, 2.75) is 45.8 Å². The molecule has 0 fully saturated rings. The van der Waals surface area contributed by atoms with Gasteiger partial charge in [-0.15, -0.1) is 0 Å². The van der Waals surface area contributed by atoms with Gasteiger partial charge in [-0.05, 0) is 27.7 Å². The normalized spacial score (nSPS) is 14.6. The van der Waals surface area contributed by atoms with Gasteiger partial charge in [-0.1, -0.05) is 5.16 Å². The topological polar surface area (TPSA) is 96.9 Å². The minimum Gasteiger partial charge on any atom is -0.409 e. The Balaban J connectivity index is 3.88. The van der Waals surface area contributed by atoms with Crippen LogP contribution in [0.2, 0.25) is 0 Å². The molecule has 0 aromatic carbocycles. The van der Waals surface area contributed by atoms with Gasteiger partial charge in [-0.25, -0.2) is 0 Å². The van der Waals surface area contributed by atoms with Crippen molar-refractivity contribution in [3.8, 4) is 0 Å². The van der Waals surface area contributed by atoms with Gasteiger partial charge in [0.1, 0.15) is 12.4 Å². The summed E-state index contributed by atoms with van der Waals surface area (Å²) in [5.74, 6) is -0.127. The van der Waals surface area contributed by atoms with Gasteiger partial charge in [0.15, 0.2) is 0 Å². The van der Waals surface area contributed by atoms with Crippen LogP contribution in [0.25, 0.3) is 0 Å². The molecule has 0 spiro atoms. The van der Waals surface area contributed by atoms with Gasteiger partial charge in [0, 0.05) is 12.5 Å². The largest absolute Gasteiger partial charge is 0.409 e. The van der Waals surface area contributed by atoms with Gasteiger partial charge in [0.25, 0.3) is 0 Å². The minimum atomic E-state index is -0.341. The second kappa shape index (κ2) is 6.32. The van der Waals surface area contributed by atoms with Gasteiger partial charge in [0.05, 0.1) is 5.60 Å². The van der Waals surface area contributed by atoms with Gasteiger partial charge in [-0.3, -0.25) is 4.79 Å². The molecule has 94 valence electrons. The van der Waals surface area contributed by atoms with E-state index in [4.69, 9.17) is 15.7 Å². The number of rotatable bonds is 5. The fraction of sp³-hybridized carbons (Fsp3) is 0.800. The summed E-state index contributed by atoms with van der Waals surface area (Å²) >= 11 is 0. The average molecular weight is 231 g/mol. The van der Waals surface area contributed by atoms with Crippen LogP contribution in [0.4, 0.5) is 0 Å². The molecule has 1 unspecified atom stereocenters. The molecule has 0 saturated carbocycles. The van der Waals surface area contributed by atoms with Gasteiger partial charge in [-0.2, -0.15) is 0 Å². The lowest BCUT2D eigenvalue weighted by atomic mass is 10.2. The van der Waals surface area contributed by atoms with Crippen LogP contribution in [-0.4, -0.2) is 35.2 Å². The highest BCUT2D eigenvalue weighted by molar-refractivity contribution is 5.82. The van der Waals surface area contributed by atoms with Gasteiger partial charge >= 0.3 is 0 Å². The number of carbonyl (C=O) groups excluding carboxylic acids is 1. The first kappa shape index (κ1) is 14.7. The van der Waals surface area contributed by atoms with Crippen molar-refractivity contribution in [2.24, 2.45) is 10.9 Å². The number of nitrogens with zero attached hydrogens (tertiary/aromatic N) is 1. The smallest absolute Gasteiger partial charge is 0.246 e. The molecule has 0 aliphatic rings. The minimum absolute atomic E-state index is 0.00398. The van der Waals surface area contributed by atoms with Crippen LogP contribution in [-0.2, 0) is 9.53 Å². The molecule has 0 rings (SSSR count). The van der Waals surface area contributed by atoms with Crippen molar-refractivity contribution in [1.29, 1.82) is 0 Å². The van der Waals surface area contributed by atoms with Crippen molar-refractivity contribution in [3.63, 3.8) is 0 Å². The molecular formula is C10H21N3O3. The van der Waals surface area contributed by atoms with E-state index in [0.29, 0.717) is 6.42 Å². The Morgan fingerprint density at radius 1 is 1.56 bits per heavy atom. The van der Waals surface area contributed by atoms with Crippen LogP contribution >= 0.6 is 0 Å². The first-order valence-electron chi connectivity index (χ1n) is 5.14. The summed E-state index contributed by atoms with van der Waals surface area (Å²) in [5, 5.41) is 13.9. The number of oxime groups is 1. The first-order chi connectivity index (χ1) is 7.24. The van der Waals surface area contributed by atoms with E-state index in [-0.39, 0.29) is 30.0 Å². The van der Waals surface area contributed by atoms with Crippen LogP contribution in [0.1, 0.15) is 34.1 Å². The quantitative estimate of drug-likeness (QED) is 0.277. The maximum absolute atomic E-state index is 11.4. The zero-order valence-electron chi connectivity index (χ0n) is 10.3. The van der Waals surface area contributed by atoms with Crippen LogP contribution in [0.15, 0.2) is 5.16 Å². The Kier molecular flexibility index (Phi) is 5.81. The molecular weight excluding hydrogens is 210 g/mol. The van der Waals surface area contributed by atoms with Crippen molar-refractivity contribution < 1.29 is 14.7 Å². The summed E-state index contributed by atoms with van der Waals surface area (Å²) in [7, 11) is 0. The van der Waals surface area contributed by atoms with Crippen molar-refractivity contribution >= 4 is 11.7 Å². The van der Waals surface area contributed by atoms with E-state index in [0.717, 1.165) is 0 Å². The molecule has 6 nitrogen and oxygen atoms in total. The highest BCUT2D eigenvalue weighted by Crippen LogP contribution is 2.05. The summed E-state index contributed by atoms with van der Waals surface area (Å²) in [5.41, 5.74) is 4.97. The standard InChI is InChI=1S/C10H21N3O3/c1-7(5-8(11)13-15)12-9(14)6-16-10(2,3)4/h7,15H,5-6H2,1-4H3,(H2,11,13)(H,12,14). The second-order valence-corrected chi connectivity index (χ2v) is 4.67. The number of amides is 1. The number of nitrogens with one attached hydrogen (secondary N) is 1. The Labute approximate surface area is 95.8 Å². The zero-order valence-corrected chi connectivity index (χ0v) is 10.3. The maximum Gasteiger partial charge on any atom is 0.246 e. The SMILES string of the molecule is CC(CC(N)=NO)NC(=O)COC(C)(C)C. The van der Waals surface area contributed by atoms with Crippen LogP contribution in [0, 0.1) is 0 Å². The first-order valence-corrected chi connectivity index (χ1v) is 5.14. The van der Waals surface area contributed by atoms with Gasteiger partial charge < -0.3 is 21.0 Å². The average Bonchev–Trinajstić information content (AvgIpc) is 2.13. The lowest BCUT2D eigenvalue weighted by molar-refractivity contribution is -0.131. The van der Waals surface area contributed by atoms with E-state index >= 15 is 0 Å². The number of amidine groups is 1. The predicted octanol–water partition coefficient (Wildman–Crippen LogP) is 0.443. The molecule has 6 heteroatoms. The fourth-order valence-electron chi connectivity index (χ4n) is 1.00. The number of hydrogen-bond acceptors (Lipinski definition) is 4. The Bertz CT molecular complexity index is 259. The van der Waals surface area contributed by atoms with E-state index in [2.05, 4.69) is 10.5 Å². The van der Waals surface area contributed by atoms with E-state index in [1.54, 1.807) is 6.92 Å². The maximum atomic E-state index is 11.4. The van der Waals surface area contributed by atoms with Gasteiger partial charge in [0.2, 0.25) is 5.91 Å². The molecule has 0 aromatic heterocycles. The van der Waals surface area contributed by atoms with Crippen molar-refractivity contribution in [1.82, 2.24) is 5.32 Å². The Morgan fingerprint density at radius 2 is 2.12 bits per heavy atom. The number of hydrogen-bond donors (Lipinski definition) is 3. The Morgan fingerprint density at radius 3 is 2.56 bits per heavy atom. The molecule has 1 amide bonds. The lowest BCUT2D eigenvalue weighted by Gasteiger charge is -2.20. The lowest BCUT2D eigenvalue weighted by Crippen LogP contribution is -2.39. The Hall–Kier alpha value is -1.30. The molecule has 0 bridgehead atoms. The van der Waals surface area contributed by atoms with E-state index in [9.17, 15) is 4.79 Å². The molecule has 0 radical (unpaired) electrons. The van der Waals surface area contributed by atoms with E-state index in [1.165, 1.54) is 0 Å². The molecule has 1 atom stereocenters. The highest BCUT2D eigenvalue weighted by Gasteiger charge is 2.14. The molecule has 0 heterocycles. The molecule has 0 aliphatic heterocycles. The summed E-state index contributed by atoms with van der Waals surface area (Å²) in [6, 6.07) is -0.188. The van der Waals surface area contributed by atoms with Crippen LogP contribution in [0.3, 0.4) is 0 Å². The molecule has 0 saturated heterocycles. The van der Waals surface area contributed by atoms with Crippen molar-refractivity contribution in [2.75, 3.05) is 6.61 Å². The third-order valence-electron chi connectivity index (χ3n) is 1.69. The van der Waals surface area contributed by atoms with E-state index < -0.39 is 0 Å². The second-order valence-electron chi connectivity index (χ2n) is 4.67. The summed E-state index contributed by atoms with van der Waals surface area (Å²) < 4.78 is 5.30. The van der Waals surface area contributed by atoms with Crippen LogP contribution < -0.4 is 11.1 Å². The molecule has 0 aromatic rings. The summed E-state index contributed by atoms with van der Waals surface area (Å²) in [4.78, 5) is 11.4. The van der Waals surface area contributed by atoms with E-state index in [1.807, 2.05) is 20.8 Å². The molecule has 16 heavy (non-hydrogen) atoms. The monoisotopic (exact) mass is 231 g/mol. The molecule has 4 N–H and O–H groups in total. The zero-order chi connectivity index (χ0) is 12.8. The number of ether oxygens (including phenoxy) is 1. The third-order valence-corrected chi connectivity index (χ3v) is 1.69. The summed E-state index contributed by atoms with van der Waals surface area (Å²) in [6.07, 6.45) is 0.303. The predicted molar refractivity (Wildman–Crippen MR) is 61.3 cm³/mol. The van der Waals surface area contributed by atoms with Crippen LogP contribution in [0.5, 0.6) is 0 Å². The number of nitrogens with two attached hydrogens (primary N) is 1. The summed E-state index contributed by atoms with van der Waals surface area (Å²) in [6.45, 7) is 7.40. The highest BCUT2D eigenvalue weighted by atomic mass is 16.5.